The Balaban J connectivity index is 1.49. The Morgan fingerprint density at radius 3 is 2.57 bits per heavy atom. The Kier molecular flexibility index (Phi) is 4.06. The van der Waals surface area contributed by atoms with Crippen LogP contribution in [0.5, 0.6) is 0 Å². The van der Waals surface area contributed by atoms with Gasteiger partial charge < -0.3 is 10.6 Å². The van der Waals surface area contributed by atoms with Crippen LogP contribution in [0.15, 0.2) is 30.6 Å². The van der Waals surface area contributed by atoms with Crippen molar-refractivity contribution in [2.75, 3.05) is 43.4 Å². The predicted octanol–water partition coefficient (Wildman–Crippen LogP) is 0.762. The summed E-state index contributed by atoms with van der Waals surface area (Å²) in [7, 11) is 2.00. The number of rotatable bonds is 4. The molecule has 2 aromatic heterocycles. The number of nitrogens with zero attached hydrogens (tertiary/aromatic N) is 5. The van der Waals surface area contributed by atoms with Gasteiger partial charge in [0.25, 0.3) is 0 Å². The number of nitrogen functional groups attached to an aromatic ring is 1. The molecule has 0 atom stereocenters. The summed E-state index contributed by atoms with van der Waals surface area (Å²) >= 11 is 0. The average molecular weight is 286 g/mol. The van der Waals surface area contributed by atoms with Crippen molar-refractivity contribution in [3.63, 3.8) is 0 Å². The van der Waals surface area contributed by atoms with Crippen molar-refractivity contribution in [2.45, 2.75) is 6.42 Å². The first-order valence-corrected chi connectivity index (χ1v) is 7.38. The highest BCUT2D eigenvalue weighted by atomic mass is 15.3. The molecule has 0 spiro atoms. The standard InChI is InChI=1S/C15H22N6/c1-19-13(4-6-18-19)5-7-20-8-10-21(11-9-20)14-2-3-15(16)17-12-14/h2-4,6,12H,5,7-11H2,1H3,(H2,16,17). The van der Waals surface area contributed by atoms with E-state index in [1.165, 1.54) is 5.69 Å². The van der Waals surface area contributed by atoms with Gasteiger partial charge in [0.15, 0.2) is 0 Å². The maximum atomic E-state index is 5.63. The van der Waals surface area contributed by atoms with E-state index in [2.05, 4.69) is 25.9 Å². The van der Waals surface area contributed by atoms with Gasteiger partial charge in [-0.15, -0.1) is 0 Å². The number of aryl methyl sites for hydroxylation is 1. The Labute approximate surface area is 125 Å². The van der Waals surface area contributed by atoms with Gasteiger partial charge in [0.2, 0.25) is 0 Å². The van der Waals surface area contributed by atoms with Crippen LogP contribution in [-0.4, -0.2) is 52.4 Å². The highest BCUT2D eigenvalue weighted by Gasteiger charge is 2.17. The third kappa shape index (κ3) is 3.33. The van der Waals surface area contributed by atoms with Crippen molar-refractivity contribution in [1.82, 2.24) is 19.7 Å². The van der Waals surface area contributed by atoms with Gasteiger partial charge in [0.1, 0.15) is 5.82 Å². The molecule has 1 fully saturated rings. The van der Waals surface area contributed by atoms with Crippen LogP contribution >= 0.6 is 0 Å². The van der Waals surface area contributed by atoms with E-state index in [9.17, 15) is 0 Å². The Bertz CT molecular complexity index is 568. The Morgan fingerprint density at radius 2 is 1.95 bits per heavy atom. The fraction of sp³-hybridized carbons (Fsp3) is 0.467. The number of nitrogens with two attached hydrogens (primary N) is 1. The smallest absolute Gasteiger partial charge is 0.123 e. The van der Waals surface area contributed by atoms with E-state index in [1.807, 2.05) is 36.3 Å². The summed E-state index contributed by atoms with van der Waals surface area (Å²) in [5, 5.41) is 4.21. The first kappa shape index (κ1) is 13.9. The SMILES string of the molecule is Cn1nccc1CCN1CCN(c2ccc(N)nc2)CC1. The molecule has 21 heavy (non-hydrogen) atoms. The molecule has 2 aromatic rings. The summed E-state index contributed by atoms with van der Waals surface area (Å²) in [5.41, 5.74) is 8.09. The molecule has 1 saturated heterocycles. The number of aromatic nitrogens is 3. The molecule has 0 unspecified atom stereocenters. The molecular formula is C15H22N6. The van der Waals surface area contributed by atoms with Crippen molar-refractivity contribution >= 4 is 11.5 Å². The van der Waals surface area contributed by atoms with Crippen LogP contribution in [0.4, 0.5) is 11.5 Å². The molecule has 0 aromatic carbocycles. The number of pyridine rings is 1. The van der Waals surface area contributed by atoms with Gasteiger partial charge in [-0.1, -0.05) is 0 Å². The van der Waals surface area contributed by atoms with E-state index in [1.54, 1.807) is 0 Å². The molecule has 0 radical (unpaired) electrons. The van der Waals surface area contributed by atoms with Gasteiger partial charge in [-0.2, -0.15) is 5.10 Å². The van der Waals surface area contributed by atoms with Crippen LogP contribution in [-0.2, 0) is 13.5 Å². The van der Waals surface area contributed by atoms with E-state index in [0.717, 1.165) is 44.8 Å². The second-order valence-electron chi connectivity index (χ2n) is 5.47. The summed E-state index contributed by atoms with van der Waals surface area (Å²) < 4.78 is 1.95. The normalized spacial score (nSPS) is 16.3. The fourth-order valence-electron chi connectivity index (χ4n) is 2.73. The number of hydrogen-bond donors (Lipinski definition) is 1. The molecule has 112 valence electrons. The lowest BCUT2D eigenvalue weighted by Gasteiger charge is -2.35. The maximum absolute atomic E-state index is 5.63. The van der Waals surface area contributed by atoms with Gasteiger partial charge in [0.05, 0.1) is 11.9 Å². The summed E-state index contributed by atoms with van der Waals surface area (Å²) in [6, 6.07) is 6.01. The highest BCUT2D eigenvalue weighted by Crippen LogP contribution is 2.16. The molecule has 2 N–H and O–H groups in total. The fourth-order valence-corrected chi connectivity index (χ4v) is 2.73. The van der Waals surface area contributed by atoms with E-state index >= 15 is 0 Å². The third-order valence-corrected chi connectivity index (χ3v) is 4.11. The van der Waals surface area contributed by atoms with Crippen molar-refractivity contribution in [1.29, 1.82) is 0 Å². The van der Waals surface area contributed by atoms with Crippen molar-refractivity contribution in [2.24, 2.45) is 7.05 Å². The minimum atomic E-state index is 0.577. The zero-order chi connectivity index (χ0) is 14.7. The largest absolute Gasteiger partial charge is 0.384 e. The van der Waals surface area contributed by atoms with E-state index in [0.29, 0.717) is 5.82 Å². The third-order valence-electron chi connectivity index (χ3n) is 4.11. The van der Waals surface area contributed by atoms with Gasteiger partial charge in [-0.3, -0.25) is 9.58 Å². The predicted molar refractivity (Wildman–Crippen MR) is 84.2 cm³/mol. The minimum Gasteiger partial charge on any atom is -0.384 e. The molecule has 6 nitrogen and oxygen atoms in total. The lowest BCUT2D eigenvalue weighted by atomic mass is 10.2. The first-order valence-electron chi connectivity index (χ1n) is 7.38. The summed E-state index contributed by atoms with van der Waals surface area (Å²) in [5.74, 6) is 0.577. The average Bonchev–Trinajstić information content (AvgIpc) is 2.92. The molecule has 0 saturated carbocycles. The zero-order valence-corrected chi connectivity index (χ0v) is 12.4. The van der Waals surface area contributed by atoms with Crippen molar-refractivity contribution in [3.8, 4) is 0 Å². The molecule has 0 bridgehead atoms. The number of hydrogen-bond acceptors (Lipinski definition) is 5. The van der Waals surface area contributed by atoms with Gasteiger partial charge >= 0.3 is 0 Å². The van der Waals surface area contributed by atoms with E-state index in [-0.39, 0.29) is 0 Å². The maximum Gasteiger partial charge on any atom is 0.123 e. The monoisotopic (exact) mass is 286 g/mol. The molecular weight excluding hydrogens is 264 g/mol. The summed E-state index contributed by atoms with van der Waals surface area (Å²) in [6.45, 7) is 5.34. The molecule has 6 heteroatoms. The van der Waals surface area contributed by atoms with Crippen molar-refractivity contribution < 1.29 is 0 Å². The van der Waals surface area contributed by atoms with Crippen LogP contribution < -0.4 is 10.6 Å². The Morgan fingerprint density at radius 1 is 1.14 bits per heavy atom. The van der Waals surface area contributed by atoms with E-state index < -0.39 is 0 Å². The zero-order valence-electron chi connectivity index (χ0n) is 12.4. The van der Waals surface area contributed by atoms with Crippen LogP contribution in [0.2, 0.25) is 0 Å². The molecule has 0 aliphatic carbocycles. The Hall–Kier alpha value is -2.08. The molecule has 1 aliphatic heterocycles. The minimum absolute atomic E-state index is 0.577. The molecule has 3 heterocycles. The van der Waals surface area contributed by atoms with Crippen LogP contribution in [0.3, 0.4) is 0 Å². The van der Waals surface area contributed by atoms with Crippen LogP contribution in [0.1, 0.15) is 5.69 Å². The first-order chi connectivity index (χ1) is 10.2. The van der Waals surface area contributed by atoms with Gasteiger partial charge in [-0.05, 0) is 18.2 Å². The lowest BCUT2D eigenvalue weighted by Crippen LogP contribution is -2.47. The summed E-state index contributed by atoms with van der Waals surface area (Å²) in [4.78, 5) is 9.04. The topological polar surface area (TPSA) is 63.2 Å². The summed E-state index contributed by atoms with van der Waals surface area (Å²) in [6.07, 6.45) is 4.78. The van der Waals surface area contributed by atoms with Gasteiger partial charge in [-0.25, -0.2) is 4.98 Å². The molecule has 1 aliphatic rings. The number of piperazine rings is 1. The molecule has 3 rings (SSSR count). The quantitative estimate of drug-likeness (QED) is 0.899. The lowest BCUT2D eigenvalue weighted by molar-refractivity contribution is 0.259. The number of anilines is 2. The van der Waals surface area contributed by atoms with Gasteiger partial charge in [0, 0.05) is 58.1 Å². The van der Waals surface area contributed by atoms with E-state index in [4.69, 9.17) is 5.73 Å². The second-order valence-corrected chi connectivity index (χ2v) is 5.47. The van der Waals surface area contributed by atoms with Crippen LogP contribution in [0.25, 0.3) is 0 Å². The van der Waals surface area contributed by atoms with Crippen LogP contribution in [0, 0.1) is 0 Å². The molecule has 0 amide bonds. The highest BCUT2D eigenvalue weighted by molar-refractivity contribution is 5.48. The second kappa shape index (κ2) is 6.13. The van der Waals surface area contributed by atoms with Crippen molar-refractivity contribution in [3.05, 3.63) is 36.3 Å².